The van der Waals surface area contributed by atoms with E-state index in [9.17, 15) is 0 Å². The zero-order valence-electron chi connectivity index (χ0n) is 13.0. The highest BCUT2D eigenvalue weighted by Gasteiger charge is 1.98. The van der Waals surface area contributed by atoms with Gasteiger partial charge in [-0.15, -0.1) is 0 Å². The molecular weight excluding hydrogens is 274 g/mol. The molecule has 2 rings (SSSR count). The molecule has 0 atom stereocenters. The van der Waals surface area contributed by atoms with Crippen LogP contribution < -0.4 is 10.1 Å². The summed E-state index contributed by atoms with van der Waals surface area (Å²) in [6, 6.07) is 16.6. The summed E-state index contributed by atoms with van der Waals surface area (Å²) in [7, 11) is 1.72. The fraction of sp³-hybridized carbons (Fsp3) is 0.263. The van der Waals surface area contributed by atoms with Crippen molar-refractivity contribution in [3.05, 3.63) is 77.9 Å². The van der Waals surface area contributed by atoms with Crippen molar-refractivity contribution >= 4 is 0 Å². The lowest BCUT2D eigenvalue weighted by Gasteiger charge is -2.08. The molecule has 0 saturated carbocycles. The quantitative estimate of drug-likeness (QED) is 0.716. The summed E-state index contributed by atoms with van der Waals surface area (Å²) >= 11 is 0. The minimum atomic E-state index is 0.537. The number of ether oxygens (including phenoxy) is 2. The van der Waals surface area contributed by atoms with Gasteiger partial charge in [0.2, 0.25) is 0 Å². The van der Waals surface area contributed by atoms with Crippen LogP contribution in [0.1, 0.15) is 16.7 Å². The van der Waals surface area contributed by atoms with Crippen molar-refractivity contribution in [2.24, 2.45) is 0 Å². The molecule has 0 heterocycles. The second-order valence-electron chi connectivity index (χ2n) is 5.10. The van der Waals surface area contributed by atoms with E-state index in [-0.39, 0.29) is 0 Å². The van der Waals surface area contributed by atoms with Crippen LogP contribution in [0.25, 0.3) is 0 Å². The molecule has 1 N–H and O–H groups in total. The van der Waals surface area contributed by atoms with E-state index in [1.807, 2.05) is 12.1 Å². The molecule has 0 saturated heterocycles. The Hall–Kier alpha value is -2.10. The van der Waals surface area contributed by atoms with Gasteiger partial charge in [-0.25, -0.2) is 0 Å². The molecule has 0 aromatic heterocycles. The van der Waals surface area contributed by atoms with Gasteiger partial charge in [0.1, 0.15) is 12.4 Å². The smallest absolute Gasteiger partial charge is 0.119 e. The minimum absolute atomic E-state index is 0.537. The molecule has 0 unspecified atom stereocenters. The number of nitrogens with one attached hydrogen (secondary N) is 1. The van der Waals surface area contributed by atoms with Crippen molar-refractivity contribution in [3.8, 4) is 5.75 Å². The van der Waals surface area contributed by atoms with Crippen LogP contribution in [0.2, 0.25) is 0 Å². The first-order valence-corrected chi connectivity index (χ1v) is 7.42. The van der Waals surface area contributed by atoms with Gasteiger partial charge in [0, 0.05) is 20.2 Å². The molecule has 2 aromatic carbocycles. The molecule has 3 nitrogen and oxygen atoms in total. The van der Waals surface area contributed by atoms with E-state index in [0.29, 0.717) is 13.2 Å². The van der Waals surface area contributed by atoms with E-state index >= 15 is 0 Å². The first-order valence-electron chi connectivity index (χ1n) is 7.42. The van der Waals surface area contributed by atoms with Crippen LogP contribution in [0.5, 0.6) is 5.75 Å². The lowest BCUT2D eigenvalue weighted by Crippen LogP contribution is -2.12. The monoisotopic (exact) mass is 297 g/mol. The molecular formula is C19H23NO2. The molecule has 0 aliphatic rings. The summed E-state index contributed by atoms with van der Waals surface area (Å²) in [5.41, 5.74) is 3.70. The first-order chi connectivity index (χ1) is 10.8. The maximum atomic E-state index is 5.47. The molecule has 0 aliphatic carbocycles. The average Bonchev–Trinajstić information content (AvgIpc) is 2.55. The van der Waals surface area contributed by atoms with Crippen molar-refractivity contribution in [1.82, 2.24) is 5.32 Å². The molecule has 3 heteroatoms. The summed E-state index contributed by atoms with van der Waals surface area (Å²) in [6.45, 7) is 6.50. The van der Waals surface area contributed by atoms with E-state index < -0.39 is 0 Å². The Balaban J connectivity index is 1.80. The summed E-state index contributed by atoms with van der Waals surface area (Å²) in [5.74, 6) is 0.871. The zero-order valence-corrected chi connectivity index (χ0v) is 13.0. The third kappa shape index (κ3) is 5.35. The topological polar surface area (TPSA) is 30.5 Å². The van der Waals surface area contributed by atoms with Gasteiger partial charge < -0.3 is 14.8 Å². The molecule has 0 spiro atoms. The molecule has 0 aliphatic heterocycles. The third-order valence-corrected chi connectivity index (χ3v) is 3.25. The Kier molecular flexibility index (Phi) is 6.68. The Morgan fingerprint density at radius 3 is 2.45 bits per heavy atom. The molecule has 22 heavy (non-hydrogen) atoms. The van der Waals surface area contributed by atoms with Crippen molar-refractivity contribution < 1.29 is 9.47 Å². The lowest BCUT2D eigenvalue weighted by atomic mass is 10.1. The van der Waals surface area contributed by atoms with Crippen LogP contribution in [0, 0.1) is 0 Å². The second kappa shape index (κ2) is 9.03. The standard InChI is InChI=1S/C19H23NO2/c1-3-11-22-19-9-7-16(8-10-19)13-20-14-17-5-4-6-18(12-17)15-21-2/h3-10,12,20H,1,11,13-15H2,2H3. The maximum absolute atomic E-state index is 5.47. The van der Waals surface area contributed by atoms with Crippen molar-refractivity contribution in [2.75, 3.05) is 13.7 Å². The fourth-order valence-corrected chi connectivity index (χ4v) is 2.21. The average molecular weight is 297 g/mol. The summed E-state index contributed by atoms with van der Waals surface area (Å²) in [4.78, 5) is 0. The van der Waals surface area contributed by atoms with Crippen LogP contribution in [-0.2, 0) is 24.4 Å². The highest BCUT2D eigenvalue weighted by molar-refractivity contribution is 5.27. The Labute approximate surface area is 132 Å². The summed E-state index contributed by atoms with van der Waals surface area (Å²) in [5, 5.41) is 3.45. The highest BCUT2D eigenvalue weighted by atomic mass is 16.5. The molecule has 0 radical (unpaired) electrons. The van der Waals surface area contributed by atoms with Gasteiger partial charge in [-0.05, 0) is 28.8 Å². The highest BCUT2D eigenvalue weighted by Crippen LogP contribution is 2.12. The molecule has 0 amide bonds. The van der Waals surface area contributed by atoms with E-state index in [2.05, 4.69) is 48.3 Å². The summed E-state index contributed by atoms with van der Waals surface area (Å²) in [6.07, 6.45) is 1.74. The number of rotatable bonds is 9. The van der Waals surface area contributed by atoms with Crippen LogP contribution in [-0.4, -0.2) is 13.7 Å². The SMILES string of the molecule is C=CCOc1ccc(CNCc2cccc(COC)c2)cc1. The van der Waals surface area contributed by atoms with Crippen molar-refractivity contribution in [2.45, 2.75) is 19.7 Å². The number of benzene rings is 2. The predicted molar refractivity (Wildman–Crippen MR) is 89.8 cm³/mol. The largest absolute Gasteiger partial charge is 0.490 e. The van der Waals surface area contributed by atoms with E-state index in [1.54, 1.807) is 13.2 Å². The van der Waals surface area contributed by atoms with E-state index in [0.717, 1.165) is 18.8 Å². The Morgan fingerprint density at radius 2 is 1.73 bits per heavy atom. The Morgan fingerprint density at radius 1 is 1.00 bits per heavy atom. The zero-order chi connectivity index (χ0) is 15.6. The third-order valence-electron chi connectivity index (χ3n) is 3.25. The van der Waals surface area contributed by atoms with Gasteiger partial charge in [-0.2, -0.15) is 0 Å². The first kappa shape index (κ1) is 16.3. The van der Waals surface area contributed by atoms with Crippen LogP contribution in [0.4, 0.5) is 0 Å². The molecule has 2 aromatic rings. The number of hydrogen-bond acceptors (Lipinski definition) is 3. The maximum Gasteiger partial charge on any atom is 0.119 e. The molecule has 0 fully saturated rings. The van der Waals surface area contributed by atoms with Gasteiger partial charge >= 0.3 is 0 Å². The van der Waals surface area contributed by atoms with Gasteiger partial charge in [0.15, 0.2) is 0 Å². The van der Waals surface area contributed by atoms with Gasteiger partial charge in [0.25, 0.3) is 0 Å². The van der Waals surface area contributed by atoms with Gasteiger partial charge in [-0.3, -0.25) is 0 Å². The van der Waals surface area contributed by atoms with Crippen LogP contribution in [0.15, 0.2) is 61.2 Å². The Bertz CT molecular complexity index is 578. The number of methoxy groups -OCH3 is 1. The van der Waals surface area contributed by atoms with Crippen LogP contribution >= 0.6 is 0 Å². The predicted octanol–water partition coefficient (Wildman–Crippen LogP) is 3.69. The van der Waals surface area contributed by atoms with Crippen LogP contribution in [0.3, 0.4) is 0 Å². The lowest BCUT2D eigenvalue weighted by molar-refractivity contribution is 0.185. The van der Waals surface area contributed by atoms with E-state index in [1.165, 1.54) is 16.7 Å². The van der Waals surface area contributed by atoms with Gasteiger partial charge in [0.05, 0.1) is 6.61 Å². The number of hydrogen-bond donors (Lipinski definition) is 1. The van der Waals surface area contributed by atoms with E-state index in [4.69, 9.17) is 9.47 Å². The summed E-state index contributed by atoms with van der Waals surface area (Å²) < 4.78 is 10.6. The van der Waals surface area contributed by atoms with Crippen molar-refractivity contribution in [1.29, 1.82) is 0 Å². The molecule has 0 bridgehead atoms. The van der Waals surface area contributed by atoms with Gasteiger partial charge in [-0.1, -0.05) is 49.1 Å². The fourth-order valence-electron chi connectivity index (χ4n) is 2.21. The molecule has 116 valence electrons. The van der Waals surface area contributed by atoms with Crippen molar-refractivity contribution in [3.63, 3.8) is 0 Å². The normalized spacial score (nSPS) is 10.4. The second-order valence-corrected chi connectivity index (χ2v) is 5.10. The minimum Gasteiger partial charge on any atom is -0.490 e.